The van der Waals surface area contributed by atoms with Gasteiger partial charge in [-0.1, -0.05) is 51.2 Å². The third kappa shape index (κ3) is 4.74. The van der Waals surface area contributed by atoms with E-state index in [1.54, 1.807) is 0 Å². The number of hydrogen-bond donors (Lipinski definition) is 0. The van der Waals surface area contributed by atoms with Crippen LogP contribution in [0, 0.1) is 17.2 Å². The van der Waals surface area contributed by atoms with Crippen molar-refractivity contribution in [3.05, 3.63) is 29.8 Å². The molecule has 126 valence electrons. The van der Waals surface area contributed by atoms with Gasteiger partial charge in [-0.3, -0.25) is 0 Å². The largest absolute Gasteiger partial charge is 0.494 e. The maximum atomic E-state index is 9.82. The highest BCUT2D eigenvalue weighted by Crippen LogP contribution is 2.42. The second-order valence-electron chi connectivity index (χ2n) is 6.94. The number of ether oxygens (including phenoxy) is 1. The Morgan fingerprint density at radius 1 is 1.09 bits per heavy atom. The summed E-state index contributed by atoms with van der Waals surface area (Å²) in [7, 11) is 0. The minimum atomic E-state index is -0.273. The van der Waals surface area contributed by atoms with Crippen molar-refractivity contribution in [1.29, 1.82) is 5.26 Å². The summed E-state index contributed by atoms with van der Waals surface area (Å²) in [6.45, 7) is 4.94. The summed E-state index contributed by atoms with van der Waals surface area (Å²) in [5.41, 5.74) is 0.901. The van der Waals surface area contributed by atoms with Gasteiger partial charge in [0.1, 0.15) is 5.75 Å². The first kappa shape index (κ1) is 17.9. The Hall–Kier alpha value is -1.49. The van der Waals surface area contributed by atoms with Crippen LogP contribution in [0.1, 0.15) is 77.2 Å². The van der Waals surface area contributed by atoms with Crippen molar-refractivity contribution < 1.29 is 4.74 Å². The highest BCUT2D eigenvalue weighted by atomic mass is 16.5. The summed E-state index contributed by atoms with van der Waals surface area (Å²) >= 11 is 0. The molecule has 0 radical (unpaired) electrons. The first-order valence-corrected chi connectivity index (χ1v) is 9.38. The van der Waals surface area contributed by atoms with Gasteiger partial charge in [0.05, 0.1) is 18.1 Å². The Kier molecular flexibility index (Phi) is 6.96. The van der Waals surface area contributed by atoms with Crippen molar-refractivity contribution >= 4 is 0 Å². The van der Waals surface area contributed by atoms with E-state index in [1.165, 1.54) is 50.5 Å². The molecule has 0 atom stereocenters. The zero-order valence-corrected chi connectivity index (χ0v) is 14.8. The molecular weight excluding hydrogens is 282 g/mol. The van der Waals surface area contributed by atoms with Gasteiger partial charge >= 0.3 is 0 Å². The normalized spacial score (nSPS) is 24.1. The van der Waals surface area contributed by atoms with E-state index in [0.29, 0.717) is 6.61 Å². The molecule has 2 rings (SSSR count). The minimum absolute atomic E-state index is 0.273. The lowest BCUT2D eigenvalue weighted by atomic mass is 9.67. The molecule has 23 heavy (non-hydrogen) atoms. The topological polar surface area (TPSA) is 33.0 Å². The average molecular weight is 313 g/mol. The van der Waals surface area contributed by atoms with Crippen LogP contribution in [0.4, 0.5) is 0 Å². The van der Waals surface area contributed by atoms with Crippen molar-refractivity contribution in [3.8, 4) is 11.8 Å². The van der Waals surface area contributed by atoms with Gasteiger partial charge in [-0.05, 0) is 56.2 Å². The molecule has 0 aromatic heterocycles. The second-order valence-corrected chi connectivity index (χ2v) is 6.94. The molecule has 0 amide bonds. The lowest BCUT2D eigenvalue weighted by molar-refractivity contribution is 0.261. The van der Waals surface area contributed by atoms with Gasteiger partial charge in [-0.25, -0.2) is 0 Å². The summed E-state index contributed by atoms with van der Waals surface area (Å²) in [6.07, 6.45) is 11.2. The van der Waals surface area contributed by atoms with Crippen LogP contribution in [-0.4, -0.2) is 6.61 Å². The number of unbranched alkanes of at least 4 members (excludes halogenated alkanes) is 3. The summed E-state index contributed by atoms with van der Waals surface area (Å²) in [4.78, 5) is 0. The highest BCUT2D eigenvalue weighted by molar-refractivity contribution is 5.37. The van der Waals surface area contributed by atoms with Crippen LogP contribution < -0.4 is 4.74 Å². The van der Waals surface area contributed by atoms with Crippen molar-refractivity contribution in [2.45, 2.75) is 77.0 Å². The third-order valence-electron chi connectivity index (χ3n) is 5.36. The summed E-state index contributed by atoms with van der Waals surface area (Å²) in [5, 5.41) is 9.82. The number of nitriles is 1. The zero-order chi connectivity index (χ0) is 16.5. The Bertz CT molecular complexity index is 492. The predicted octanol–water partition coefficient (Wildman–Crippen LogP) is 6.01. The second kappa shape index (κ2) is 8.96. The van der Waals surface area contributed by atoms with Crippen LogP contribution in [0.2, 0.25) is 0 Å². The summed E-state index contributed by atoms with van der Waals surface area (Å²) in [5.74, 6) is 1.73. The molecule has 0 unspecified atom stereocenters. The van der Waals surface area contributed by atoms with Gasteiger partial charge in [0.2, 0.25) is 0 Å². The standard InChI is InChI=1S/C21H31NO/c1-3-5-6-7-8-18-13-15-21(17-22,16-14-18)19-9-11-20(12-10-19)23-4-2/h9-12,18H,3-8,13-16H2,1-2H3/t18-,21+. The molecule has 2 nitrogen and oxygen atoms in total. The minimum Gasteiger partial charge on any atom is -0.494 e. The van der Waals surface area contributed by atoms with E-state index in [2.05, 4.69) is 25.1 Å². The monoisotopic (exact) mass is 313 g/mol. The van der Waals surface area contributed by atoms with Crippen molar-refractivity contribution in [1.82, 2.24) is 0 Å². The lowest BCUT2D eigenvalue weighted by Gasteiger charge is -2.35. The maximum absolute atomic E-state index is 9.82. The van der Waals surface area contributed by atoms with E-state index in [0.717, 1.165) is 24.5 Å². The quantitative estimate of drug-likeness (QED) is 0.551. The van der Waals surface area contributed by atoms with E-state index in [1.807, 2.05) is 19.1 Å². The molecule has 2 heteroatoms. The smallest absolute Gasteiger partial charge is 0.119 e. The Morgan fingerprint density at radius 3 is 2.35 bits per heavy atom. The number of benzene rings is 1. The molecule has 0 aliphatic heterocycles. The first-order valence-electron chi connectivity index (χ1n) is 9.38. The molecule has 0 heterocycles. The molecule has 0 N–H and O–H groups in total. The molecule has 0 spiro atoms. The average Bonchev–Trinajstić information content (AvgIpc) is 2.60. The van der Waals surface area contributed by atoms with Crippen molar-refractivity contribution in [3.63, 3.8) is 0 Å². The molecule has 1 aromatic rings. The molecule has 1 aliphatic carbocycles. The highest BCUT2D eigenvalue weighted by Gasteiger charge is 2.36. The fourth-order valence-corrected chi connectivity index (χ4v) is 3.82. The Balaban J connectivity index is 1.92. The van der Waals surface area contributed by atoms with E-state index in [-0.39, 0.29) is 5.41 Å². The third-order valence-corrected chi connectivity index (χ3v) is 5.36. The van der Waals surface area contributed by atoms with Gasteiger partial charge in [-0.2, -0.15) is 5.26 Å². The lowest BCUT2D eigenvalue weighted by Crippen LogP contribution is -2.30. The van der Waals surface area contributed by atoms with E-state index in [4.69, 9.17) is 4.74 Å². The van der Waals surface area contributed by atoms with Crippen LogP contribution >= 0.6 is 0 Å². The van der Waals surface area contributed by atoms with Crippen LogP contribution in [0.3, 0.4) is 0 Å². The molecule has 1 aromatic carbocycles. The summed E-state index contributed by atoms with van der Waals surface area (Å²) < 4.78 is 5.51. The van der Waals surface area contributed by atoms with Gasteiger partial charge in [0.15, 0.2) is 0 Å². The number of nitrogens with zero attached hydrogens (tertiary/aromatic N) is 1. The van der Waals surface area contributed by atoms with E-state index < -0.39 is 0 Å². The van der Waals surface area contributed by atoms with Gasteiger partial charge < -0.3 is 4.74 Å². The summed E-state index contributed by atoms with van der Waals surface area (Å²) in [6, 6.07) is 10.8. The number of hydrogen-bond acceptors (Lipinski definition) is 2. The SMILES string of the molecule is CCCCCC[C@H]1CC[C@@](C#N)(c2ccc(OCC)cc2)CC1. The van der Waals surface area contributed by atoms with Crippen molar-refractivity contribution in [2.75, 3.05) is 6.61 Å². The molecule has 1 aliphatic rings. The van der Waals surface area contributed by atoms with Crippen LogP contribution in [0.15, 0.2) is 24.3 Å². The fraction of sp³-hybridized carbons (Fsp3) is 0.667. The van der Waals surface area contributed by atoms with Crippen molar-refractivity contribution in [2.24, 2.45) is 5.92 Å². The molecular formula is C21H31NO. The van der Waals surface area contributed by atoms with Crippen LogP contribution in [0.5, 0.6) is 5.75 Å². The van der Waals surface area contributed by atoms with E-state index in [9.17, 15) is 5.26 Å². The zero-order valence-electron chi connectivity index (χ0n) is 14.8. The molecule has 0 saturated heterocycles. The Labute approximate surface area is 141 Å². The molecule has 0 bridgehead atoms. The van der Waals surface area contributed by atoms with Crippen LogP contribution in [0.25, 0.3) is 0 Å². The van der Waals surface area contributed by atoms with Gasteiger partial charge in [-0.15, -0.1) is 0 Å². The van der Waals surface area contributed by atoms with Gasteiger partial charge in [0.25, 0.3) is 0 Å². The first-order chi connectivity index (χ1) is 11.2. The predicted molar refractivity (Wildman–Crippen MR) is 95.6 cm³/mol. The molecule has 1 saturated carbocycles. The van der Waals surface area contributed by atoms with Gasteiger partial charge in [0, 0.05) is 0 Å². The van der Waals surface area contributed by atoms with Crippen LogP contribution in [-0.2, 0) is 5.41 Å². The number of rotatable bonds is 8. The fourth-order valence-electron chi connectivity index (χ4n) is 3.82. The molecule has 1 fully saturated rings. The Morgan fingerprint density at radius 2 is 1.78 bits per heavy atom. The van der Waals surface area contributed by atoms with E-state index >= 15 is 0 Å². The maximum Gasteiger partial charge on any atom is 0.119 e.